The summed E-state index contributed by atoms with van der Waals surface area (Å²) in [6.07, 6.45) is 0. The van der Waals surface area contributed by atoms with Gasteiger partial charge in [-0.3, -0.25) is 0 Å². The van der Waals surface area contributed by atoms with Crippen LogP contribution in [-0.2, 0) is 4.79 Å². The summed E-state index contributed by atoms with van der Waals surface area (Å²) in [5.74, 6) is 1.64. The maximum atomic E-state index is 12.0. The minimum Gasteiger partial charge on any atom is -0.490 e. The number of esters is 1. The fourth-order valence-corrected chi connectivity index (χ4v) is 2.71. The average Bonchev–Trinajstić information content (AvgIpc) is 2.68. The molecule has 0 radical (unpaired) electrons. The van der Waals surface area contributed by atoms with Crippen LogP contribution in [0.3, 0.4) is 0 Å². The summed E-state index contributed by atoms with van der Waals surface area (Å²) >= 11 is 0. The number of aryl methyl sites for hydroxylation is 1. The molecule has 27 heavy (non-hydrogen) atoms. The SMILES string of the molecule is C=C(C)C(=O)Oc1c(C)cc(OCCOc2ccccc2)c2ccccc12. The number of carbonyl (C=O) groups is 1. The molecule has 4 nitrogen and oxygen atoms in total. The molecule has 0 aliphatic carbocycles. The molecule has 0 atom stereocenters. The second-order valence-corrected chi connectivity index (χ2v) is 6.25. The zero-order valence-corrected chi connectivity index (χ0v) is 15.5. The van der Waals surface area contributed by atoms with E-state index in [1.807, 2.05) is 67.6 Å². The molecule has 0 saturated carbocycles. The van der Waals surface area contributed by atoms with Gasteiger partial charge in [0, 0.05) is 16.3 Å². The van der Waals surface area contributed by atoms with Crippen molar-refractivity contribution in [3.8, 4) is 17.2 Å². The highest BCUT2D eigenvalue weighted by Crippen LogP contribution is 2.36. The number of carbonyl (C=O) groups excluding carboxylic acids is 1. The van der Waals surface area contributed by atoms with Gasteiger partial charge in [-0.1, -0.05) is 49.0 Å². The first-order chi connectivity index (χ1) is 13.1. The summed E-state index contributed by atoms with van der Waals surface area (Å²) in [4.78, 5) is 12.0. The highest BCUT2D eigenvalue weighted by atomic mass is 16.5. The minimum absolute atomic E-state index is 0.358. The van der Waals surface area contributed by atoms with Crippen LogP contribution in [0.25, 0.3) is 10.8 Å². The molecule has 0 saturated heterocycles. The predicted molar refractivity (Wildman–Crippen MR) is 107 cm³/mol. The van der Waals surface area contributed by atoms with Gasteiger partial charge in [0.15, 0.2) is 0 Å². The summed E-state index contributed by atoms with van der Waals surface area (Å²) in [5.41, 5.74) is 1.18. The lowest BCUT2D eigenvalue weighted by molar-refractivity contribution is -0.130. The van der Waals surface area contributed by atoms with Crippen LogP contribution in [0.2, 0.25) is 0 Å². The van der Waals surface area contributed by atoms with E-state index in [-0.39, 0.29) is 0 Å². The van der Waals surface area contributed by atoms with Gasteiger partial charge in [0.25, 0.3) is 0 Å². The predicted octanol–water partition coefficient (Wildman–Crippen LogP) is 5.09. The quantitative estimate of drug-likeness (QED) is 0.254. The lowest BCUT2D eigenvalue weighted by atomic mass is 10.0. The molecule has 0 N–H and O–H groups in total. The Morgan fingerprint density at radius 2 is 1.56 bits per heavy atom. The molecule has 0 amide bonds. The van der Waals surface area contributed by atoms with Crippen molar-refractivity contribution in [3.05, 3.63) is 78.4 Å². The van der Waals surface area contributed by atoms with Gasteiger partial charge >= 0.3 is 5.97 Å². The smallest absolute Gasteiger partial charge is 0.338 e. The van der Waals surface area contributed by atoms with Crippen molar-refractivity contribution in [1.29, 1.82) is 0 Å². The van der Waals surface area contributed by atoms with Crippen molar-refractivity contribution in [3.63, 3.8) is 0 Å². The van der Waals surface area contributed by atoms with Gasteiger partial charge in [0.05, 0.1) is 0 Å². The van der Waals surface area contributed by atoms with E-state index in [1.54, 1.807) is 6.92 Å². The molecule has 0 unspecified atom stereocenters. The van der Waals surface area contributed by atoms with Gasteiger partial charge in [0.1, 0.15) is 30.5 Å². The lowest BCUT2D eigenvalue weighted by Crippen LogP contribution is -2.11. The van der Waals surface area contributed by atoms with E-state index in [0.29, 0.717) is 24.5 Å². The van der Waals surface area contributed by atoms with Crippen LogP contribution in [0.5, 0.6) is 17.2 Å². The zero-order valence-electron chi connectivity index (χ0n) is 15.5. The molecule has 138 valence electrons. The fraction of sp³-hybridized carbons (Fsp3) is 0.174. The first-order valence-corrected chi connectivity index (χ1v) is 8.77. The average molecular weight is 362 g/mol. The highest BCUT2D eigenvalue weighted by molar-refractivity contribution is 5.98. The number of fused-ring (bicyclic) bond motifs is 1. The third-order valence-electron chi connectivity index (χ3n) is 4.04. The van der Waals surface area contributed by atoms with Gasteiger partial charge in [-0.05, 0) is 37.6 Å². The third kappa shape index (κ3) is 4.47. The summed E-state index contributed by atoms with van der Waals surface area (Å²) in [6.45, 7) is 8.00. The normalized spacial score (nSPS) is 10.4. The van der Waals surface area contributed by atoms with Gasteiger partial charge in [-0.15, -0.1) is 0 Å². The minimum atomic E-state index is -0.437. The van der Waals surface area contributed by atoms with Crippen LogP contribution in [0.1, 0.15) is 12.5 Å². The molecule has 3 aromatic carbocycles. The molecule has 0 bridgehead atoms. The second kappa shape index (κ2) is 8.41. The van der Waals surface area contributed by atoms with Crippen molar-refractivity contribution in [2.24, 2.45) is 0 Å². The Labute approximate surface area is 159 Å². The largest absolute Gasteiger partial charge is 0.490 e. The summed E-state index contributed by atoms with van der Waals surface area (Å²) < 4.78 is 17.2. The maximum Gasteiger partial charge on any atom is 0.338 e. The van der Waals surface area contributed by atoms with Gasteiger partial charge in [-0.2, -0.15) is 0 Å². The molecule has 0 aromatic heterocycles. The molecular weight excluding hydrogens is 340 g/mol. The molecule has 0 aliphatic heterocycles. The number of hydrogen-bond donors (Lipinski definition) is 0. The van der Waals surface area contributed by atoms with Crippen LogP contribution >= 0.6 is 0 Å². The molecular formula is C23H22O4. The summed E-state index contributed by atoms with van der Waals surface area (Å²) in [7, 11) is 0. The van der Waals surface area contributed by atoms with Crippen LogP contribution in [0, 0.1) is 6.92 Å². The maximum absolute atomic E-state index is 12.0. The van der Waals surface area contributed by atoms with E-state index in [2.05, 4.69) is 6.58 Å². The molecule has 3 rings (SSSR count). The molecule has 0 fully saturated rings. The Bertz CT molecular complexity index is 961. The number of benzene rings is 3. The monoisotopic (exact) mass is 362 g/mol. The topological polar surface area (TPSA) is 44.8 Å². The van der Waals surface area contributed by atoms with E-state index >= 15 is 0 Å². The van der Waals surface area contributed by atoms with Crippen LogP contribution < -0.4 is 14.2 Å². The Morgan fingerprint density at radius 1 is 0.926 bits per heavy atom. The first-order valence-electron chi connectivity index (χ1n) is 8.77. The summed E-state index contributed by atoms with van der Waals surface area (Å²) in [6, 6.07) is 19.2. The number of ether oxygens (including phenoxy) is 3. The zero-order chi connectivity index (χ0) is 19.2. The van der Waals surface area contributed by atoms with Gasteiger partial charge in [-0.25, -0.2) is 4.79 Å². The highest BCUT2D eigenvalue weighted by Gasteiger charge is 2.15. The molecule has 0 spiro atoms. The number of rotatable bonds is 7. The Morgan fingerprint density at radius 3 is 2.26 bits per heavy atom. The Kier molecular flexibility index (Phi) is 5.77. The van der Waals surface area contributed by atoms with E-state index in [9.17, 15) is 4.79 Å². The Balaban J connectivity index is 1.78. The van der Waals surface area contributed by atoms with Gasteiger partial charge < -0.3 is 14.2 Å². The molecule has 0 heterocycles. The van der Waals surface area contributed by atoms with Crippen molar-refractivity contribution in [2.45, 2.75) is 13.8 Å². The van der Waals surface area contributed by atoms with Crippen molar-refractivity contribution in [2.75, 3.05) is 13.2 Å². The Hall–Kier alpha value is -3.27. The van der Waals surface area contributed by atoms with E-state index in [4.69, 9.17) is 14.2 Å². The lowest BCUT2D eigenvalue weighted by Gasteiger charge is -2.15. The van der Waals surface area contributed by atoms with E-state index < -0.39 is 5.97 Å². The van der Waals surface area contributed by atoms with Crippen molar-refractivity contribution in [1.82, 2.24) is 0 Å². The molecule has 4 heteroatoms. The standard InChI is InChI=1S/C23H22O4/c1-16(2)23(24)27-22-17(3)15-21(19-11-7-8-12-20(19)22)26-14-13-25-18-9-5-4-6-10-18/h4-12,15H,1,13-14H2,2-3H3. The van der Waals surface area contributed by atoms with Gasteiger partial charge in [0.2, 0.25) is 0 Å². The molecule has 0 aliphatic rings. The fourth-order valence-electron chi connectivity index (χ4n) is 2.71. The van der Waals surface area contributed by atoms with Crippen LogP contribution in [0.15, 0.2) is 72.8 Å². The van der Waals surface area contributed by atoms with Crippen LogP contribution in [0.4, 0.5) is 0 Å². The molecule has 3 aromatic rings. The third-order valence-corrected chi connectivity index (χ3v) is 4.04. The van der Waals surface area contributed by atoms with Crippen molar-refractivity contribution >= 4 is 16.7 Å². The number of hydrogen-bond acceptors (Lipinski definition) is 4. The number of para-hydroxylation sites is 1. The van der Waals surface area contributed by atoms with E-state index in [0.717, 1.165) is 27.8 Å². The van der Waals surface area contributed by atoms with Crippen molar-refractivity contribution < 1.29 is 19.0 Å². The second-order valence-electron chi connectivity index (χ2n) is 6.25. The van der Waals surface area contributed by atoms with Crippen LogP contribution in [-0.4, -0.2) is 19.2 Å². The summed E-state index contributed by atoms with van der Waals surface area (Å²) in [5, 5.41) is 1.71. The van der Waals surface area contributed by atoms with E-state index in [1.165, 1.54) is 0 Å². The first kappa shape index (κ1) is 18.5.